The van der Waals surface area contributed by atoms with Crippen LogP contribution in [0.3, 0.4) is 0 Å². The number of carboxylic acid groups (broad SMARTS) is 1. The highest BCUT2D eigenvalue weighted by Crippen LogP contribution is 2.26. The van der Waals surface area contributed by atoms with Gasteiger partial charge in [0.2, 0.25) is 5.91 Å². The number of piperidine rings is 1. The minimum Gasteiger partial charge on any atom is -0.480 e. The van der Waals surface area contributed by atoms with E-state index >= 15 is 0 Å². The van der Waals surface area contributed by atoms with Gasteiger partial charge in [0.05, 0.1) is 0 Å². The van der Waals surface area contributed by atoms with Crippen molar-refractivity contribution >= 4 is 11.9 Å². The van der Waals surface area contributed by atoms with E-state index in [9.17, 15) is 14.7 Å². The normalized spacial score (nSPS) is 24.4. The highest BCUT2D eigenvalue weighted by molar-refractivity contribution is 5.76. The lowest BCUT2D eigenvalue weighted by Gasteiger charge is -2.38. The maximum absolute atomic E-state index is 12.0. The molecule has 120 valence electrons. The molecule has 1 unspecified atom stereocenters. The van der Waals surface area contributed by atoms with Crippen LogP contribution in [-0.4, -0.2) is 72.2 Å². The average Bonchev–Trinajstić information content (AvgIpc) is 2.97. The lowest BCUT2D eigenvalue weighted by Crippen LogP contribution is -2.50. The number of aliphatic carboxylic acids is 1. The Morgan fingerprint density at radius 3 is 2.52 bits per heavy atom. The van der Waals surface area contributed by atoms with Gasteiger partial charge < -0.3 is 14.7 Å². The molecule has 2 aliphatic heterocycles. The fourth-order valence-electron chi connectivity index (χ4n) is 3.46. The van der Waals surface area contributed by atoms with E-state index in [0.717, 1.165) is 51.7 Å². The number of carbonyl (C=O) groups is 2. The molecule has 0 spiro atoms. The Labute approximate surface area is 126 Å². The van der Waals surface area contributed by atoms with Gasteiger partial charge in [0.15, 0.2) is 0 Å². The quantitative estimate of drug-likeness (QED) is 0.739. The van der Waals surface area contributed by atoms with Crippen molar-refractivity contribution in [3.63, 3.8) is 0 Å². The minimum absolute atomic E-state index is 0.196. The van der Waals surface area contributed by atoms with Gasteiger partial charge in [0.1, 0.15) is 6.04 Å². The first-order valence-corrected chi connectivity index (χ1v) is 7.88. The number of rotatable bonds is 6. The molecule has 6 heteroatoms. The molecule has 2 heterocycles. The summed E-state index contributed by atoms with van der Waals surface area (Å²) in [6, 6.07) is -0.00409. The molecular formula is C15H26N2O4. The van der Waals surface area contributed by atoms with E-state index in [4.69, 9.17) is 4.74 Å². The molecule has 0 aromatic heterocycles. The van der Waals surface area contributed by atoms with Crippen LogP contribution in [0.5, 0.6) is 0 Å². The minimum atomic E-state index is -0.703. The zero-order valence-corrected chi connectivity index (χ0v) is 12.8. The van der Waals surface area contributed by atoms with Crippen molar-refractivity contribution in [1.82, 2.24) is 9.80 Å². The number of methoxy groups -OCH3 is 1. The van der Waals surface area contributed by atoms with E-state index in [-0.39, 0.29) is 11.9 Å². The van der Waals surface area contributed by atoms with E-state index in [2.05, 4.69) is 4.90 Å². The summed E-state index contributed by atoms with van der Waals surface area (Å²) in [7, 11) is 1.64. The molecule has 6 nitrogen and oxygen atoms in total. The predicted molar refractivity (Wildman–Crippen MR) is 78.1 cm³/mol. The van der Waals surface area contributed by atoms with Crippen LogP contribution < -0.4 is 0 Å². The molecule has 1 atom stereocenters. The van der Waals surface area contributed by atoms with Crippen LogP contribution >= 0.6 is 0 Å². The first-order chi connectivity index (χ1) is 10.1. The van der Waals surface area contributed by atoms with Gasteiger partial charge in [-0.3, -0.25) is 14.5 Å². The standard InChI is InChI=1S/C15H26N2O4/c1-21-11-3-5-14(18)16-9-6-12(7-10-16)17-8-2-4-13(17)15(19)20/h12-13H,2-11H2,1H3,(H,19,20). The van der Waals surface area contributed by atoms with Gasteiger partial charge >= 0.3 is 5.97 Å². The topological polar surface area (TPSA) is 70.1 Å². The van der Waals surface area contributed by atoms with Gasteiger partial charge in [-0.2, -0.15) is 0 Å². The third kappa shape index (κ3) is 4.17. The van der Waals surface area contributed by atoms with E-state index in [1.54, 1.807) is 7.11 Å². The van der Waals surface area contributed by atoms with Crippen molar-refractivity contribution in [2.45, 2.75) is 50.6 Å². The van der Waals surface area contributed by atoms with Crippen LogP contribution in [0.25, 0.3) is 0 Å². The molecule has 2 aliphatic rings. The molecule has 0 aromatic carbocycles. The van der Waals surface area contributed by atoms with Crippen molar-refractivity contribution in [2.75, 3.05) is 33.4 Å². The average molecular weight is 298 g/mol. The molecule has 1 N–H and O–H groups in total. The number of nitrogens with zero attached hydrogens (tertiary/aromatic N) is 2. The summed E-state index contributed by atoms with van der Waals surface area (Å²) >= 11 is 0. The summed E-state index contributed by atoms with van der Waals surface area (Å²) < 4.78 is 4.97. The maximum Gasteiger partial charge on any atom is 0.320 e. The predicted octanol–water partition coefficient (Wildman–Crippen LogP) is 0.953. The van der Waals surface area contributed by atoms with E-state index in [1.807, 2.05) is 4.90 Å². The van der Waals surface area contributed by atoms with Gasteiger partial charge in [-0.05, 0) is 38.6 Å². The van der Waals surface area contributed by atoms with Crippen LogP contribution in [-0.2, 0) is 14.3 Å². The van der Waals surface area contributed by atoms with Crippen LogP contribution in [0, 0.1) is 0 Å². The maximum atomic E-state index is 12.0. The zero-order chi connectivity index (χ0) is 15.2. The molecule has 0 bridgehead atoms. The molecule has 2 fully saturated rings. The van der Waals surface area contributed by atoms with Crippen LogP contribution in [0.4, 0.5) is 0 Å². The number of hydrogen-bond acceptors (Lipinski definition) is 4. The molecular weight excluding hydrogens is 272 g/mol. The van der Waals surface area contributed by atoms with Crippen molar-refractivity contribution in [3.8, 4) is 0 Å². The highest BCUT2D eigenvalue weighted by atomic mass is 16.5. The third-order valence-corrected chi connectivity index (χ3v) is 4.60. The number of carbonyl (C=O) groups excluding carboxylic acids is 1. The van der Waals surface area contributed by atoms with Crippen LogP contribution in [0.15, 0.2) is 0 Å². The zero-order valence-electron chi connectivity index (χ0n) is 12.8. The largest absolute Gasteiger partial charge is 0.480 e. The molecule has 2 rings (SSSR count). The van der Waals surface area contributed by atoms with Gasteiger partial charge in [0.25, 0.3) is 0 Å². The van der Waals surface area contributed by atoms with E-state index in [1.165, 1.54) is 0 Å². The second-order valence-electron chi connectivity index (χ2n) is 5.94. The fraction of sp³-hybridized carbons (Fsp3) is 0.867. The van der Waals surface area contributed by atoms with Crippen molar-refractivity contribution < 1.29 is 19.4 Å². The van der Waals surface area contributed by atoms with Crippen molar-refractivity contribution in [3.05, 3.63) is 0 Å². The molecule has 1 amide bonds. The molecule has 0 radical (unpaired) electrons. The Bertz CT molecular complexity index is 367. The summed E-state index contributed by atoms with van der Waals surface area (Å²) in [4.78, 5) is 27.3. The van der Waals surface area contributed by atoms with E-state index < -0.39 is 5.97 Å². The highest BCUT2D eigenvalue weighted by Gasteiger charge is 2.37. The number of likely N-dealkylation sites (tertiary alicyclic amines) is 2. The number of amides is 1. The van der Waals surface area contributed by atoms with Crippen molar-refractivity contribution in [2.24, 2.45) is 0 Å². The summed E-state index contributed by atoms with van der Waals surface area (Å²) in [6.45, 7) is 3.00. The van der Waals surface area contributed by atoms with Crippen LogP contribution in [0.2, 0.25) is 0 Å². The van der Waals surface area contributed by atoms with Crippen LogP contribution in [0.1, 0.15) is 38.5 Å². The lowest BCUT2D eigenvalue weighted by atomic mass is 10.0. The summed E-state index contributed by atoms with van der Waals surface area (Å²) in [5.41, 5.74) is 0. The van der Waals surface area contributed by atoms with E-state index in [0.29, 0.717) is 19.1 Å². The summed E-state index contributed by atoms with van der Waals surface area (Å²) in [5, 5.41) is 9.26. The monoisotopic (exact) mass is 298 g/mol. The smallest absolute Gasteiger partial charge is 0.320 e. The number of carboxylic acids is 1. The Morgan fingerprint density at radius 1 is 1.19 bits per heavy atom. The Balaban J connectivity index is 1.77. The van der Waals surface area contributed by atoms with Gasteiger partial charge in [-0.15, -0.1) is 0 Å². The fourth-order valence-corrected chi connectivity index (χ4v) is 3.46. The molecule has 21 heavy (non-hydrogen) atoms. The SMILES string of the molecule is COCCCC(=O)N1CCC(N2CCCC2C(=O)O)CC1. The number of hydrogen-bond donors (Lipinski definition) is 1. The first kappa shape index (κ1) is 16.2. The Morgan fingerprint density at radius 2 is 1.90 bits per heavy atom. The second kappa shape index (κ2) is 7.75. The van der Waals surface area contributed by atoms with Crippen molar-refractivity contribution in [1.29, 1.82) is 0 Å². The Kier molecular flexibility index (Phi) is 5.99. The first-order valence-electron chi connectivity index (χ1n) is 7.88. The van der Waals surface area contributed by atoms with Gasteiger partial charge in [-0.25, -0.2) is 0 Å². The second-order valence-corrected chi connectivity index (χ2v) is 5.94. The van der Waals surface area contributed by atoms with Gasteiger partial charge in [-0.1, -0.05) is 0 Å². The molecule has 0 aromatic rings. The molecule has 2 saturated heterocycles. The summed E-state index contributed by atoms with van der Waals surface area (Å²) in [5.74, 6) is -0.507. The summed E-state index contributed by atoms with van der Waals surface area (Å²) in [6.07, 6.45) is 4.81. The molecule has 0 saturated carbocycles. The lowest BCUT2D eigenvalue weighted by molar-refractivity contribution is -0.144. The third-order valence-electron chi connectivity index (χ3n) is 4.60. The Hall–Kier alpha value is -1.14. The molecule has 0 aliphatic carbocycles. The number of ether oxygens (including phenoxy) is 1. The van der Waals surface area contributed by atoms with Gasteiger partial charge in [0, 0.05) is 39.3 Å².